The van der Waals surface area contributed by atoms with E-state index in [-0.39, 0.29) is 20.9 Å². The highest BCUT2D eigenvalue weighted by molar-refractivity contribution is 7.16. The Labute approximate surface area is 328 Å². The van der Waals surface area contributed by atoms with E-state index in [1.165, 1.54) is 48.7 Å². The van der Waals surface area contributed by atoms with Crippen LogP contribution < -0.4 is 0 Å². The molecule has 276 valence electrons. The number of benzene rings is 2. The SMILES string of the molecule is Cc1sc(-c2ccc(-c3cccs3)n2-c2ccccc2)cc1C1=C(c2cc(-c3ccc(-c4cccs4)n3-c3ccccc3)sc2C)C(F)(F)C(F)(F)C1(F)F. The predicted octanol–water partition coefficient (Wildman–Crippen LogP) is 14.6. The molecule has 0 saturated heterocycles. The number of alkyl halides is 6. The molecule has 0 spiro atoms. The van der Waals surface area contributed by atoms with Crippen molar-refractivity contribution >= 4 is 56.5 Å². The average molecular weight is 815 g/mol. The summed E-state index contributed by atoms with van der Waals surface area (Å²) in [5.41, 5.74) is 1.19. The van der Waals surface area contributed by atoms with Gasteiger partial charge in [0, 0.05) is 32.3 Å². The summed E-state index contributed by atoms with van der Waals surface area (Å²) in [6, 6.07) is 36.9. The number of aryl methyl sites for hydroxylation is 2. The summed E-state index contributed by atoms with van der Waals surface area (Å²) >= 11 is 5.27. The van der Waals surface area contributed by atoms with E-state index in [4.69, 9.17) is 0 Å². The van der Waals surface area contributed by atoms with E-state index in [0.29, 0.717) is 21.1 Å². The largest absolute Gasteiger partial charge is 0.380 e. The van der Waals surface area contributed by atoms with E-state index in [1.807, 2.05) is 129 Å². The van der Waals surface area contributed by atoms with E-state index in [9.17, 15) is 0 Å². The molecule has 0 radical (unpaired) electrons. The number of allylic oxidation sites excluding steroid dienone is 2. The van der Waals surface area contributed by atoms with Gasteiger partial charge in [-0.05, 0) is 109 Å². The van der Waals surface area contributed by atoms with Crippen molar-refractivity contribution in [2.75, 3.05) is 0 Å². The minimum Gasteiger partial charge on any atom is -0.308 e. The van der Waals surface area contributed by atoms with Gasteiger partial charge in [-0.3, -0.25) is 0 Å². The third-order valence-corrected chi connectivity index (χ3v) is 13.8. The van der Waals surface area contributed by atoms with Crippen molar-refractivity contribution < 1.29 is 26.3 Å². The zero-order valence-electron chi connectivity index (χ0n) is 29.0. The molecule has 0 amide bonds. The summed E-state index contributed by atoms with van der Waals surface area (Å²) in [6.07, 6.45) is 0. The first kappa shape index (κ1) is 35.8. The molecule has 2 nitrogen and oxygen atoms in total. The Morgan fingerprint density at radius 2 is 0.800 bits per heavy atom. The van der Waals surface area contributed by atoms with Gasteiger partial charge in [-0.25, -0.2) is 0 Å². The van der Waals surface area contributed by atoms with Gasteiger partial charge in [-0.1, -0.05) is 48.5 Å². The van der Waals surface area contributed by atoms with Gasteiger partial charge in [0.05, 0.1) is 42.3 Å². The van der Waals surface area contributed by atoms with Gasteiger partial charge in [-0.15, -0.1) is 45.3 Å². The van der Waals surface area contributed by atoms with Crippen LogP contribution in [0.4, 0.5) is 26.3 Å². The van der Waals surface area contributed by atoms with E-state index >= 15 is 26.3 Å². The number of halogens is 6. The van der Waals surface area contributed by atoms with E-state index in [1.54, 1.807) is 0 Å². The molecule has 0 saturated carbocycles. The molecule has 0 bridgehead atoms. The Hall–Kier alpha value is -4.88. The molecule has 0 unspecified atom stereocenters. The summed E-state index contributed by atoms with van der Waals surface area (Å²) < 4.78 is 100. The van der Waals surface area contributed by atoms with Crippen LogP contribution in [0.2, 0.25) is 0 Å². The fraction of sp³-hybridized carbons (Fsp3) is 0.116. The van der Waals surface area contributed by atoms with Gasteiger partial charge < -0.3 is 9.13 Å². The van der Waals surface area contributed by atoms with Crippen LogP contribution in [0.15, 0.2) is 132 Å². The highest BCUT2D eigenvalue weighted by atomic mass is 32.1. The molecule has 55 heavy (non-hydrogen) atoms. The van der Waals surface area contributed by atoms with E-state index in [2.05, 4.69) is 0 Å². The lowest BCUT2D eigenvalue weighted by molar-refractivity contribution is -0.254. The normalized spacial score (nSPS) is 16.0. The van der Waals surface area contributed by atoms with Crippen molar-refractivity contribution in [3.05, 3.63) is 153 Å². The van der Waals surface area contributed by atoms with Crippen LogP contribution >= 0.6 is 45.3 Å². The fourth-order valence-corrected chi connectivity index (χ4v) is 10.9. The second-order valence-electron chi connectivity index (χ2n) is 13.1. The molecular weight excluding hydrogens is 787 g/mol. The summed E-state index contributed by atoms with van der Waals surface area (Å²) in [6.45, 7) is 3.03. The van der Waals surface area contributed by atoms with Crippen LogP contribution in [-0.2, 0) is 0 Å². The Kier molecular flexibility index (Phi) is 8.54. The monoisotopic (exact) mass is 814 g/mol. The second-order valence-corrected chi connectivity index (χ2v) is 17.5. The van der Waals surface area contributed by atoms with Crippen molar-refractivity contribution in [1.29, 1.82) is 0 Å². The van der Waals surface area contributed by atoms with Crippen molar-refractivity contribution in [2.24, 2.45) is 0 Å². The Morgan fingerprint density at radius 3 is 1.15 bits per heavy atom. The zero-order chi connectivity index (χ0) is 38.3. The molecular formula is C43H28F6N2S4. The van der Waals surface area contributed by atoms with Gasteiger partial charge >= 0.3 is 17.8 Å². The third-order valence-electron chi connectivity index (χ3n) is 9.88. The molecule has 9 rings (SSSR count). The van der Waals surface area contributed by atoms with Gasteiger partial charge in [0.2, 0.25) is 0 Å². The molecule has 0 fully saturated rings. The maximum absolute atomic E-state index is 16.3. The fourth-order valence-electron chi connectivity index (χ4n) is 7.35. The third kappa shape index (κ3) is 5.48. The number of hydrogen-bond donors (Lipinski definition) is 0. The van der Waals surface area contributed by atoms with Crippen LogP contribution in [0.1, 0.15) is 20.9 Å². The Balaban J connectivity index is 1.24. The number of aromatic nitrogens is 2. The average Bonchev–Trinajstić information content (AvgIpc) is 4.03. The summed E-state index contributed by atoms with van der Waals surface area (Å²) in [5.74, 6) is -16.0. The quantitative estimate of drug-likeness (QED) is 0.135. The van der Waals surface area contributed by atoms with Gasteiger partial charge in [0.25, 0.3) is 0 Å². The van der Waals surface area contributed by atoms with Crippen LogP contribution in [0.3, 0.4) is 0 Å². The molecule has 8 aromatic rings. The first-order valence-electron chi connectivity index (χ1n) is 17.1. The highest BCUT2D eigenvalue weighted by Crippen LogP contribution is 2.66. The lowest BCUT2D eigenvalue weighted by Gasteiger charge is -2.25. The van der Waals surface area contributed by atoms with Crippen molar-refractivity contribution in [1.82, 2.24) is 9.13 Å². The molecule has 6 aromatic heterocycles. The zero-order valence-corrected chi connectivity index (χ0v) is 32.3. The molecule has 6 heterocycles. The lowest BCUT2D eigenvalue weighted by atomic mass is 9.95. The smallest absolute Gasteiger partial charge is 0.308 e. The maximum atomic E-state index is 16.3. The standard InChI is InChI=1S/C43H28F6N2S4/c1-25-29(23-37(54-25)33-19-17-31(35-15-9-21-52-35)50(33)27-11-5-3-6-12-27)39-40(42(46,47)43(48,49)41(39,44)45)30-24-38(55-26(30)2)34-20-18-32(36-16-10-22-53-36)51(34)28-13-7-4-8-14-28/h3-24H,1-2H3. The van der Waals surface area contributed by atoms with Crippen LogP contribution in [0, 0.1) is 13.8 Å². The Morgan fingerprint density at radius 1 is 0.436 bits per heavy atom. The molecule has 12 heteroatoms. The van der Waals surface area contributed by atoms with Gasteiger partial charge in [0.1, 0.15) is 0 Å². The van der Waals surface area contributed by atoms with Crippen LogP contribution in [-0.4, -0.2) is 26.9 Å². The van der Waals surface area contributed by atoms with Crippen molar-refractivity contribution in [3.8, 4) is 53.7 Å². The van der Waals surface area contributed by atoms with Crippen molar-refractivity contribution in [3.63, 3.8) is 0 Å². The van der Waals surface area contributed by atoms with E-state index < -0.39 is 28.9 Å². The predicted molar refractivity (Wildman–Crippen MR) is 216 cm³/mol. The minimum absolute atomic E-state index is 0.223. The molecule has 0 N–H and O–H groups in total. The summed E-state index contributed by atoms with van der Waals surface area (Å²) in [4.78, 5) is 3.32. The van der Waals surface area contributed by atoms with Crippen LogP contribution in [0.5, 0.6) is 0 Å². The topological polar surface area (TPSA) is 9.86 Å². The van der Waals surface area contributed by atoms with Crippen LogP contribution in [0.25, 0.3) is 64.8 Å². The molecule has 1 aliphatic carbocycles. The highest BCUT2D eigenvalue weighted by Gasteiger charge is 2.80. The van der Waals surface area contributed by atoms with E-state index in [0.717, 1.165) is 55.2 Å². The van der Waals surface area contributed by atoms with Gasteiger partial charge in [0.15, 0.2) is 0 Å². The summed E-state index contributed by atoms with van der Waals surface area (Å²) in [5, 5.41) is 3.89. The minimum atomic E-state index is -5.68. The molecule has 2 aromatic carbocycles. The number of thiophene rings is 4. The van der Waals surface area contributed by atoms with Gasteiger partial charge in [-0.2, -0.15) is 26.3 Å². The maximum Gasteiger partial charge on any atom is 0.380 e. The number of para-hydroxylation sites is 2. The lowest BCUT2D eigenvalue weighted by Crippen LogP contribution is -2.48. The number of hydrogen-bond acceptors (Lipinski definition) is 4. The first-order chi connectivity index (χ1) is 26.4. The molecule has 1 aliphatic rings. The second kappa shape index (κ2) is 13.1. The summed E-state index contributed by atoms with van der Waals surface area (Å²) in [7, 11) is 0. The number of nitrogens with zero attached hydrogens (tertiary/aromatic N) is 2. The molecule has 0 atom stereocenters. The van der Waals surface area contributed by atoms with Crippen molar-refractivity contribution in [2.45, 2.75) is 31.6 Å². The molecule has 0 aliphatic heterocycles. The Bertz CT molecular complexity index is 2510. The number of rotatable bonds is 8. The first-order valence-corrected chi connectivity index (χ1v) is 20.5.